The smallest absolute Gasteiger partial charge is 0.321 e. The van der Waals surface area contributed by atoms with Gasteiger partial charge in [-0.25, -0.2) is 4.68 Å². The molecule has 0 radical (unpaired) electrons. The molecular formula is C18H23N3O4. The van der Waals surface area contributed by atoms with Gasteiger partial charge in [-0.05, 0) is 30.5 Å². The molecule has 7 nitrogen and oxygen atoms in total. The molecule has 0 aliphatic rings. The minimum absolute atomic E-state index is 0.108. The Balaban J connectivity index is 2.10. The Hall–Kier alpha value is -2.67. The van der Waals surface area contributed by atoms with Crippen molar-refractivity contribution in [1.82, 2.24) is 15.1 Å². The summed E-state index contributed by atoms with van der Waals surface area (Å²) in [5, 5.41) is 25.8. The molecule has 0 bridgehead atoms. The SMILES string of the molecule is CC(C)C[C@H](N[C@@H](Cc1ccn(-c2ccccc2)n1)C(=O)O)C(=O)O. The summed E-state index contributed by atoms with van der Waals surface area (Å²) >= 11 is 0. The summed E-state index contributed by atoms with van der Waals surface area (Å²) in [6.07, 6.45) is 2.22. The molecule has 1 aromatic heterocycles. The number of nitrogens with one attached hydrogen (secondary N) is 1. The first kappa shape index (κ1) is 18.7. The van der Waals surface area contributed by atoms with Gasteiger partial charge in [0.25, 0.3) is 0 Å². The maximum Gasteiger partial charge on any atom is 0.321 e. The van der Waals surface area contributed by atoms with Crippen LogP contribution < -0.4 is 5.32 Å². The minimum atomic E-state index is -1.09. The molecule has 1 heterocycles. The van der Waals surface area contributed by atoms with Gasteiger partial charge in [-0.3, -0.25) is 14.9 Å². The number of nitrogens with zero attached hydrogens (tertiary/aromatic N) is 2. The summed E-state index contributed by atoms with van der Waals surface area (Å²) in [4.78, 5) is 22.9. The second-order valence-electron chi connectivity index (χ2n) is 6.37. The Morgan fingerprint density at radius 3 is 2.28 bits per heavy atom. The first-order valence-corrected chi connectivity index (χ1v) is 8.18. The highest BCUT2D eigenvalue weighted by molar-refractivity contribution is 5.77. The lowest BCUT2D eigenvalue weighted by Crippen LogP contribution is -2.48. The summed E-state index contributed by atoms with van der Waals surface area (Å²) in [6, 6.07) is 9.29. The van der Waals surface area contributed by atoms with Gasteiger partial charge in [-0.2, -0.15) is 5.10 Å². The van der Waals surface area contributed by atoms with Gasteiger partial charge in [0.2, 0.25) is 0 Å². The van der Waals surface area contributed by atoms with Gasteiger partial charge in [0.05, 0.1) is 11.4 Å². The molecule has 0 saturated carbocycles. The van der Waals surface area contributed by atoms with Crippen LogP contribution in [0.2, 0.25) is 0 Å². The van der Waals surface area contributed by atoms with Crippen molar-refractivity contribution < 1.29 is 19.8 Å². The normalized spacial score (nSPS) is 13.6. The maximum absolute atomic E-state index is 11.5. The van der Waals surface area contributed by atoms with Gasteiger partial charge >= 0.3 is 11.9 Å². The lowest BCUT2D eigenvalue weighted by molar-refractivity contribution is -0.142. The number of hydrogen-bond donors (Lipinski definition) is 3. The number of carboxylic acid groups (broad SMARTS) is 2. The molecular weight excluding hydrogens is 322 g/mol. The third kappa shape index (κ3) is 5.42. The van der Waals surface area contributed by atoms with Crippen molar-refractivity contribution >= 4 is 11.9 Å². The fourth-order valence-electron chi connectivity index (χ4n) is 2.58. The molecule has 134 valence electrons. The van der Waals surface area contributed by atoms with Gasteiger partial charge in [0.15, 0.2) is 0 Å². The number of aromatic nitrogens is 2. The predicted octanol–water partition coefficient (Wildman–Crippen LogP) is 1.96. The number of para-hydroxylation sites is 1. The van der Waals surface area contributed by atoms with E-state index in [1.165, 1.54) is 0 Å². The highest BCUT2D eigenvalue weighted by atomic mass is 16.4. The van der Waals surface area contributed by atoms with Crippen LogP contribution >= 0.6 is 0 Å². The molecule has 3 N–H and O–H groups in total. The number of rotatable bonds is 9. The van der Waals surface area contributed by atoms with Crippen LogP contribution in [0.3, 0.4) is 0 Å². The largest absolute Gasteiger partial charge is 0.480 e. The second-order valence-corrected chi connectivity index (χ2v) is 6.37. The Morgan fingerprint density at radius 2 is 1.72 bits per heavy atom. The number of carbonyl (C=O) groups is 2. The van der Waals surface area contributed by atoms with Crippen LogP contribution in [0.5, 0.6) is 0 Å². The zero-order valence-electron chi connectivity index (χ0n) is 14.3. The maximum atomic E-state index is 11.5. The molecule has 0 fully saturated rings. The van der Waals surface area contributed by atoms with Gasteiger partial charge in [-0.1, -0.05) is 32.0 Å². The van der Waals surface area contributed by atoms with Crippen LogP contribution in [0.15, 0.2) is 42.6 Å². The van der Waals surface area contributed by atoms with Crippen molar-refractivity contribution in [2.75, 3.05) is 0 Å². The van der Waals surface area contributed by atoms with E-state index in [2.05, 4.69) is 10.4 Å². The molecule has 25 heavy (non-hydrogen) atoms. The molecule has 0 unspecified atom stereocenters. The quantitative estimate of drug-likeness (QED) is 0.642. The van der Waals surface area contributed by atoms with E-state index < -0.39 is 24.0 Å². The van der Waals surface area contributed by atoms with E-state index in [9.17, 15) is 19.8 Å². The summed E-state index contributed by atoms with van der Waals surface area (Å²) in [6.45, 7) is 3.80. The van der Waals surface area contributed by atoms with Gasteiger partial charge in [-0.15, -0.1) is 0 Å². The number of aliphatic carboxylic acids is 2. The zero-order valence-corrected chi connectivity index (χ0v) is 14.3. The second kappa shape index (κ2) is 8.43. The monoisotopic (exact) mass is 345 g/mol. The summed E-state index contributed by atoms with van der Waals surface area (Å²) in [7, 11) is 0. The Kier molecular flexibility index (Phi) is 6.30. The molecule has 0 amide bonds. The van der Waals surface area contributed by atoms with Crippen molar-refractivity contribution in [3.8, 4) is 5.69 Å². The summed E-state index contributed by atoms with van der Waals surface area (Å²) < 4.78 is 1.66. The van der Waals surface area contributed by atoms with Crippen molar-refractivity contribution in [3.63, 3.8) is 0 Å². The fourth-order valence-corrected chi connectivity index (χ4v) is 2.58. The highest BCUT2D eigenvalue weighted by Crippen LogP contribution is 2.11. The molecule has 2 atom stereocenters. The molecule has 0 aliphatic carbocycles. The van der Waals surface area contributed by atoms with Gasteiger partial charge in [0.1, 0.15) is 12.1 Å². The lowest BCUT2D eigenvalue weighted by atomic mass is 10.0. The van der Waals surface area contributed by atoms with E-state index in [1.807, 2.05) is 44.2 Å². The van der Waals surface area contributed by atoms with Crippen molar-refractivity contribution in [2.45, 2.75) is 38.8 Å². The first-order chi connectivity index (χ1) is 11.9. The molecule has 0 aliphatic heterocycles. The van der Waals surface area contributed by atoms with Crippen molar-refractivity contribution in [1.29, 1.82) is 0 Å². The summed E-state index contributed by atoms with van der Waals surface area (Å²) in [5.74, 6) is -2.00. The van der Waals surface area contributed by atoms with Crippen LogP contribution in [-0.2, 0) is 16.0 Å². The van der Waals surface area contributed by atoms with E-state index in [4.69, 9.17) is 0 Å². The summed E-state index contributed by atoms with van der Waals surface area (Å²) in [5.41, 5.74) is 1.45. The molecule has 2 aromatic rings. The van der Waals surface area contributed by atoms with E-state index in [0.29, 0.717) is 12.1 Å². The van der Waals surface area contributed by atoms with Crippen LogP contribution in [0.25, 0.3) is 5.69 Å². The highest BCUT2D eigenvalue weighted by Gasteiger charge is 2.27. The van der Waals surface area contributed by atoms with Gasteiger partial charge in [0, 0.05) is 12.6 Å². The van der Waals surface area contributed by atoms with E-state index >= 15 is 0 Å². The topological polar surface area (TPSA) is 104 Å². The van der Waals surface area contributed by atoms with Crippen LogP contribution in [0, 0.1) is 5.92 Å². The van der Waals surface area contributed by atoms with Crippen LogP contribution in [0.1, 0.15) is 26.0 Å². The van der Waals surface area contributed by atoms with Crippen LogP contribution in [-0.4, -0.2) is 44.0 Å². The lowest BCUT2D eigenvalue weighted by Gasteiger charge is -2.21. The Bertz CT molecular complexity index is 712. The standard InChI is InChI=1S/C18H23N3O4/c1-12(2)10-15(17(22)23)19-16(18(24)25)11-13-8-9-21(20-13)14-6-4-3-5-7-14/h3-9,12,15-16,19H,10-11H2,1-2H3,(H,22,23)(H,24,25)/t15-,16-/m0/s1. The molecule has 0 saturated heterocycles. The number of hydrogen-bond acceptors (Lipinski definition) is 4. The predicted molar refractivity (Wildman–Crippen MR) is 92.7 cm³/mol. The van der Waals surface area contributed by atoms with Crippen LogP contribution in [0.4, 0.5) is 0 Å². The zero-order chi connectivity index (χ0) is 18.4. The molecule has 0 spiro atoms. The fraction of sp³-hybridized carbons (Fsp3) is 0.389. The molecule has 7 heteroatoms. The third-order valence-corrected chi connectivity index (χ3v) is 3.78. The molecule has 2 rings (SSSR count). The third-order valence-electron chi connectivity index (χ3n) is 3.78. The van der Waals surface area contributed by atoms with E-state index in [1.54, 1.807) is 16.9 Å². The average molecular weight is 345 g/mol. The van der Waals surface area contributed by atoms with E-state index in [-0.39, 0.29) is 12.3 Å². The number of benzene rings is 1. The number of carboxylic acids is 2. The molecule has 1 aromatic carbocycles. The Morgan fingerprint density at radius 1 is 1.08 bits per heavy atom. The minimum Gasteiger partial charge on any atom is -0.480 e. The first-order valence-electron chi connectivity index (χ1n) is 8.18. The Labute approximate surface area is 146 Å². The van der Waals surface area contributed by atoms with Crippen molar-refractivity contribution in [2.24, 2.45) is 5.92 Å². The van der Waals surface area contributed by atoms with E-state index in [0.717, 1.165) is 5.69 Å². The van der Waals surface area contributed by atoms with Crippen molar-refractivity contribution in [3.05, 3.63) is 48.3 Å². The van der Waals surface area contributed by atoms with Gasteiger partial charge < -0.3 is 10.2 Å². The average Bonchev–Trinajstić information content (AvgIpc) is 3.02.